The van der Waals surface area contributed by atoms with E-state index in [9.17, 15) is 4.39 Å². The van der Waals surface area contributed by atoms with E-state index in [1.165, 1.54) is 6.42 Å². The lowest BCUT2D eigenvalue weighted by atomic mass is 10.2. The van der Waals surface area contributed by atoms with Gasteiger partial charge in [0.15, 0.2) is 0 Å². The minimum atomic E-state index is -0.464. The first kappa shape index (κ1) is 10.4. The molecular weight excluding hydrogens is 193 g/mol. The summed E-state index contributed by atoms with van der Waals surface area (Å²) >= 11 is 0. The summed E-state index contributed by atoms with van der Waals surface area (Å²) in [6.07, 6.45) is 2.36. The van der Waals surface area contributed by atoms with Crippen molar-refractivity contribution in [3.8, 4) is 5.75 Å². The molecule has 1 aliphatic rings. The number of hydrogen-bond donors (Lipinski definition) is 1. The number of para-hydroxylation sites is 1. The Morgan fingerprint density at radius 3 is 3.00 bits per heavy atom. The van der Waals surface area contributed by atoms with Gasteiger partial charge in [0.1, 0.15) is 19.0 Å². The predicted molar refractivity (Wildman–Crippen MR) is 57.8 cm³/mol. The van der Waals surface area contributed by atoms with Crippen molar-refractivity contribution in [2.45, 2.75) is 25.6 Å². The third kappa shape index (κ3) is 2.69. The molecule has 0 bridgehead atoms. The molecule has 0 aliphatic carbocycles. The van der Waals surface area contributed by atoms with Gasteiger partial charge in [-0.3, -0.25) is 0 Å². The Morgan fingerprint density at radius 2 is 2.27 bits per heavy atom. The standard InChI is InChI=1S/C12H16FNO/c13-8-10-4-1-2-6-12(10)15-9-11-5-3-7-14-11/h1-2,4,6,11,14H,3,5,7-9H2. The molecule has 82 valence electrons. The summed E-state index contributed by atoms with van der Waals surface area (Å²) in [6.45, 7) is 1.24. The summed E-state index contributed by atoms with van der Waals surface area (Å²) in [5.41, 5.74) is 0.635. The molecule has 1 N–H and O–H groups in total. The third-order valence-electron chi connectivity index (χ3n) is 2.72. The quantitative estimate of drug-likeness (QED) is 0.821. The van der Waals surface area contributed by atoms with Crippen molar-refractivity contribution in [2.75, 3.05) is 13.2 Å². The Morgan fingerprint density at radius 1 is 1.40 bits per heavy atom. The Labute approximate surface area is 89.4 Å². The highest BCUT2D eigenvalue weighted by molar-refractivity contribution is 5.32. The molecule has 1 aromatic rings. The number of hydrogen-bond acceptors (Lipinski definition) is 2. The molecule has 1 saturated heterocycles. The highest BCUT2D eigenvalue weighted by Crippen LogP contribution is 2.19. The van der Waals surface area contributed by atoms with Crippen molar-refractivity contribution in [3.05, 3.63) is 29.8 Å². The second kappa shape index (κ2) is 5.12. The highest BCUT2D eigenvalue weighted by atomic mass is 19.1. The molecule has 0 aromatic heterocycles. The van der Waals surface area contributed by atoms with Gasteiger partial charge < -0.3 is 10.1 Å². The van der Waals surface area contributed by atoms with Crippen LogP contribution in [0.1, 0.15) is 18.4 Å². The van der Waals surface area contributed by atoms with Crippen LogP contribution < -0.4 is 10.1 Å². The Hall–Kier alpha value is -1.09. The Bertz CT molecular complexity index is 310. The van der Waals surface area contributed by atoms with Gasteiger partial charge in [-0.15, -0.1) is 0 Å². The highest BCUT2D eigenvalue weighted by Gasteiger charge is 2.14. The zero-order valence-corrected chi connectivity index (χ0v) is 8.71. The number of alkyl halides is 1. The Kier molecular flexibility index (Phi) is 3.56. The van der Waals surface area contributed by atoms with E-state index in [0.29, 0.717) is 24.0 Å². The normalized spacial score (nSPS) is 20.5. The summed E-state index contributed by atoms with van der Waals surface area (Å²) in [5, 5.41) is 3.35. The van der Waals surface area contributed by atoms with Crippen LogP contribution in [-0.4, -0.2) is 19.2 Å². The molecule has 1 aromatic carbocycles. The van der Waals surface area contributed by atoms with Gasteiger partial charge in [-0.1, -0.05) is 18.2 Å². The molecule has 2 nitrogen and oxygen atoms in total. The van der Waals surface area contributed by atoms with Crippen molar-refractivity contribution in [2.24, 2.45) is 0 Å². The number of benzene rings is 1. The maximum absolute atomic E-state index is 12.6. The first-order valence-electron chi connectivity index (χ1n) is 5.40. The summed E-state index contributed by atoms with van der Waals surface area (Å²) in [6, 6.07) is 7.71. The van der Waals surface area contributed by atoms with Gasteiger partial charge >= 0.3 is 0 Å². The lowest BCUT2D eigenvalue weighted by Gasteiger charge is -2.13. The smallest absolute Gasteiger partial charge is 0.125 e. The van der Waals surface area contributed by atoms with Crippen LogP contribution in [0.15, 0.2) is 24.3 Å². The van der Waals surface area contributed by atoms with E-state index in [-0.39, 0.29) is 0 Å². The third-order valence-corrected chi connectivity index (χ3v) is 2.72. The average Bonchev–Trinajstić information content (AvgIpc) is 2.79. The van der Waals surface area contributed by atoms with Crippen LogP contribution >= 0.6 is 0 Å². The maximum Gasteiger partial charge on any atom is 0.125 e. The van der Waals surface area contributed by atoms with Crippen molar-refractivity contribution >= 4 is 0 Å². The molecular formula is C12H16FNO. The maximum atomic E-state index is 12.6. The van der Waals surface area contributed by atoms with Crippen molar-refractivity contribution in [3.63, 3.8) is 0 Å². The zero-order chi connectivity index (χ0) is 10.5. The molecule has 15 heavy (non-hydrogen) atoms. The van der Waals surface area contributed by atoms with Crippen LogP contribution in [0.5, 0.6) is 5.75 Å². The summed E-state index contributed by atoms with van der Waals surface area (Å²) < 4.78 is 18.2. The number of halogens is 1. The fourth-order valence-corrected chi connectivity index (χ4v) is 1.84. The van der Waals surface area contributed by atoms with Gasteiger partial charge in [0.25, 0.3) is 0 Å². The van der Waals surface area contributed by atoms with E-state index in [2.05, 4.69) is 5.32 Å². The lowest BCUT2D eigenvalue weighted by Crippen LogP contribution is -2.28. The SMILES string of the molecule is FCc1ccccc1OCC1CCCN1. The average molecular weight is 209 g/mol. The van der Waals surface area contributed by atoms with Crippen molar-refractivity contribution < 1.29 is 9.13 Å². The summed E-state index contributed by atoms with van der Waals surface area (Å²) in [7, 11) is 0. The topological polar surface area (TPSA) is 21.3 Å². The molecule has 1 fully saturated rings. The van der Waals surface area contributed by atoms with Crippen LogP contribution in [0.25, 0.3) is 0 Å². The van der Waals surface area contributed by atoms with Gasteiger partial charge in [-0.25, -0.2) is 4.39 Å². The first-order valence-corrected chi connectivity index (χ1v) is 5.40. The minimum Gasteiger partial charge on any atom is -0.492 e. The lowest BCUT2D eigenvalue weighted by molar-refractivity contribution is 0.271. The van der Waals surface area contributed by atoms with Crippen LogP contribution in [0.2, 0.25) is 0 Å². The van der Waals surface area contributed by atoms with Crippen LogP contribution in [0.4, 0.5) is 4.39 Å². The van der Waals surface area contributed by atoms with Crippen LogP contribution in [-0.2, 0) is 6.67 Å². The molecule has 0 saturated carbocycles. The second-order valence-corrected chi connectivity index (χ2v) is 3.85. The molecule has 2 rings (SSSR count). The Balaban J connectivity index is 1.91. The fraction of sp³-hybridized carbons (Fsp3) is 0.500. The number of nitrogens with one attached hydrogen (secondary N) is 1. The summed E-state index contributed by atoms with van der Waals surface area (Å²) in [5.74, 6) is 0.675. The fourth-order valence-electron chi connectivity index (χ4n) is 1.84. The molecule has 1 atom stereocenters. The number of rotatable bonds is 4. The molecule has 1 aliphatic heterocycles. The van der Waals surface area contributed by atoms with Crippen LogP contribution in [0, 0.1) is 0 Å². The molecule has 3 heteroatoms. The van der Waals surface area contributed by atoms with E-state index < -0.39 is 6.67 Å². The van der Waals surface area contributed by atoms with Gasteiger partial charge in [0.05, 0.1) is 0 Å². The predicted octanol–water partition coefficient (Wildman–Crippen LogP) is 2.29. The van der Waals surface area contributed by atoms with Gasteiger partial charge in [0, 0.05) is 11.6 Å². The van der Waals surface area contributed by atoms with E-state index in [0.717, 1.165) is 13.0 Å². The first-order chi connectivity index (χ1) is 7.40. The van der Waals surface area contributed by atoms with Crippen molar-refractivity contribution in [1.82, 2.24) is 5.32 Å². The molecule has 1 heterocycles. The number of ether oxygens (including phenoxy) is 1. The monoisotopic (exact) mass is 209 g/mol. The van der Waals surface area contributed by atoms with E-state index in [4.69, 9.17) is 4.74 Å². The molecule has 1 unspecified atom stereocenters. The second-order valence-electron chi connectivity index (χ2n) is 3.85. The molecule has 0 amide bonds. The molecule has 0 radical (unpaired) electrons. The summed E-state index contributed by atoms with van der Waals surface area (Å²) in [4.78, 5) is 0. The molecule has 0 spiro atoms. The van der Waals surface area contributed by atoms with E-state index in [1.807, 2.05) is 18.2 Å². The largest absolute Gasteiger partial charge is 0.492 e. The zero-order valence-electron chi connectivity index (χ0n) is 8.71. The van der Waals surface area contributed by atoms with Gasteiger partial charge in [-0.05, 0) is 25.5 Å². The van der Waals surface area contributed by atoms with E-state index in [1.54, 1.807) is 6.07 Å². The van der Waals surface area contributed by atoms with Gasteiger partial charge in [0.2, 0.25) is 0 Å². The van der Waals surface area contributed by atoms with Crippen molar-refractivity contribution in [1.29, 1.82) is 0 Å². The minimum absolute atomic E-state index is 0.428. The van der Waals surface area contributed by atoms with Crippen LogP contribution in [0.3, 0.4) is 0 Å². The van der Waals surface area contributed by atoms with Gasteiger partial charge in [-0.2, -0.15) is 0 Å². The van der Waals surface area contributed by atoms with E-state index >= 15 is 0 Å².